The number of ether oxygens (including phenoxy) is 2. The number of rotatable bonds is 3. The van der Waals surface area contributed by atoms with E-state index >= 15 is 0 Å². The Labute approximate surface area is 105 Å². The number of hydrogen-bond acceptors (Lipinski definition) is 4. The van der Waals surface area contributed by atoms with Crippen LogP contribution in [-0.4, -0.2) is 30.3 Å². The molecule has 1 heterocycles. The first-order chi connectivity index (χ1) is 8.70. The topological polar surface area (TPSA) is 48.4 Å². The normalized spacial score (nSPS) is 23.7. The molecule has 0 unspecified atom stereocenters. The van der Waals surface area contributed by atoms with Crippen molar-refractivity contribution in [1.29, 1.82) is 0 Å². The van der Waals surface area contributed by atoms with Gasteiger partial charge in [0.2, 0.25) is 0 Å². The fraction of sp³-hybridized carbons (Fsp3) is 0.538. The zero-order valence-electron chi connectivity index (χ0n) is 10.3. The van der Waals surface area contributed by atoms with Crippen molar-refractivity contribution in [2.24, 2.45) is 0 Å². The summed E-state index contributed by atoms with van der Waals surface area (Å²) in [6.45, 7) is 0. The maximum atomic E-state index is 13.0. The fourth-order valence-corrected chi connectivity index (χ4v) is 2.20. The quantitative estimate of drug-likeness (QED) is 0.776. The molecule has 1 saturated carbocycles. The molecule has 18 heavy (non-hydrogen) atoms. The molecular formula is C13H16FNO3. The number of methoxy groups -OCH3 is 1. The number of aromatic nitrogens is 1. The van der Waals surface area contributed by atoms with Gasteiger partial charge in [-0.1, -0.05) is 6.42 Å². The van der Waals surface area contributed by atoms with Gasteiger partial charge in [-0.05, 0) is 25.3 Å². The summed E-state index contributed by atoms with van der Waals surface area (Å²) >= 11 is 0. The van der Waals surface area contributed by atoms with E-state index in [0.29, 0.717) is 0 Å². The Morgan fingerprint density at radius 1 is 1.33 bits per heavy atom. The van der Waals surface area contributed by atoms with Crippen LogP contribution in [0.1, 0.15) is 36.0 Å². The molecule has 1 aromatic rings. The summed E-state index contributed by atoms with van der Waals surface area (Å²) in [6, 6.07) is 1.12. The van der Waals surface area contributed by atoms with Crippen molar-refractivity contribution in [2.45, 2.75) is 37.9 Å². The van der Waals surface area contributed by atoms with E-state index in [4.69, 9.17) is 9.47 Å². The van der Waals surface area contributed by atoms with Crippen LogP contribution in [0.2, 0.25) is 0 Å². The molecule has 1 aliphatic carbocycles. The number of carbonyl (C=O) groups excluding carboxylic acids is 1. The van der Waals surface area contributed by atoms with E-state index in [1.807, 2.05) is 0 Å². The first-order valence-electron chi connectivity index (χ1n) is 6.05. The Kier molecular flexibility index (Phi) is 4.25. The smallest absolute Gasteiger partial charge is 0.340 e. The third-order valence-corrected chi connectivity index (χ3v) is 3.14. The minimum absolute atomic E-state index is 0.0655. The van der Waals surface area contributed by atoms with E-state index in [2.05, 4.69) is 4.98 Å². The maximum absolute atomic E-state index is 13.0. The molecule has 0 N–H and O–H groups in total. The summed E-state index contributed by atoms with van der Waals surface area (Å²) < 4.78 is 23.6. The molecule has 1 fully saturated rings. The molecule has 0 amide bonds. The van der Waals surface area contributed by atoms with Crippen LogP contribution in [0.15, 0.2) is 18.5 Å². The molecule has 4 nitrogen and oxygen atoms in total. The van der Waals surface area contributed by atoms with Gasteiger partial charge in [0.25, 0.3) is 0 Å². The predicted molar refractivity (Wildman–Crippen MR) is 62.7 cm³/mol. The summed E-state index contributed by atoms with van der Waals surface area (Å²) in [7, 11) is 1.61. The van der Waals surface area contributed by atoms with Crippen LogP contribution < -0.4 is 0 Å². The summed E-state index contributed by atoms with van der Waals surface area (Å²) in [4.78, 5) is 15.5. The van der Waals surface area contributed by atoms with Gasteiger partial charge < -0.3 is 9.47 Å². The number of nitrogens with zero attached hydrogens (tertiary/aromatic N) is 1. The minimum atomic E-state index is -0.545. The highest BCUT2D eigenvalue weighted by Gasteiger charge is 2.28. The summed E-state index contributed by atoms with van der Waals surface area (Å²) in [5.74, 6) is -1.09. The van der Waals surface area contributed by atoms with Gasteiger partial charge in [0.05, 0.1) is 17.9 Å². The van der Waals surface area contributed by atoms with Gasteiger partial charge in [-0.15, -0.1) is 0 Å². The van der Waals surface area contributed by atoms with Crippen LogP contribution in [-0.2, 0) is 9.47 Å². The van der Waals surface area contributed by atoms with Crippen LogP contribution in [0.3, 0.4) is 0 Å². The van der Waals surface area contributed by atoms with E-state index in [-0.39, 0.29) is 17.8 Å². The highest BCUT2D eigenvalue weighted by atomic mass is 19.1. The number of pyridine rings is 1. The molecule has 0 spiro atoms. The molecule has 2 rings (SSSR count). The average Bonchev–Trinajstić information content (AvgIpc) is 2.39. The summed E-state index contributed by atoms with van der Waals surface area (Å²) in [6.07, 6.45) is 5.80. The van der Waals surface area contributed by atoms with E-state index in [0.717, 1.165) is 37.9 Å². The van der Waals surface area contributed by atoms with E-state index in [1.54, 1.807) is 7.11 Å². The van der Waals surface area contributed by atoms with Crippen molar-refractivity contribution >= 4 is 5.97 Å². The molecule has 1 aromatic heterocycles. The second-order valence-electron chi connectivity index (χ2n) is 4.39. The Morgan fingerprint density at radius 2 is 2.06 bits per heavy atom. The Balaban J connectivity index is 2.02. The van der Waals surface area contributed by atoms with Crippen LogP contribution in [0.5, 0.6) is 0 Å². The molecule has 1 aliphatic rings. The van der Waals surface area contributed by atoms with Gasteiger partial charge in [0.1, 0.15) is 11.9 Å². The van der Waals surface area contributed by atoms with Crippen molar-refractivity contribution < 1.29 is 18.7 Å². The van der Waals surface area contributed by atoms with Gasteiger partial charge in [-0.3, -0.25) is 4.98 Å². The second-order valence-corrected chi connectivity index (χ2v) is 4.39. The Bertz CT molecular complexity index is 424. The highest BCUT2D eigenvalue weighted by Crippen LogP contribution is 2.24. The number of carbonyl (C=O) groups is 1. The summed E-state index contributed by atoms with van der Waals surface area (Å²) in [5, 5.41) is 0. The zero-order valence-corrected chi connectivity index (χ0v) is 10.3. The van der Waals surface area contributed by atoms with Crippen molar-refractivity contribution in [3.05, 3.63) is 29.8 Å². The molecule has 98 valence electrons. The third kappa shape index (κ3) is 3.04. The van der Waals surface area contributed by atoms with E-state index in [1.165, 1.54) is 6.20 Å². The van der Waals surface area contributed by atoms with E-state index in [9.17, 15) is 9.18 Å². The highest BCUT2D eigenvalue weighted by molar-refractivity contribution is 5.89. The molecule has 5 heteroatoms. The molecule has 0 aromatic carbocycles. The van der Waals surface area contributed by atoms with Crippen LogP contribution >= 0.6 is 0 Å². The van der Waals surface area contributed by atoms with Crippen LogP contribution in [0, 0.1) is 5.82 Å². The SMILES string of the molecule is CO[C@@H]1CCCC[C@H]1OC(=O)c1cncc(F)c1. The second kappa shape index (κ2) is 5.91. The van der Waals surface area contributed by atoms with Crippen LogP contribution in [0.25, 0.3) is 0 Å². The van der Waals surface area contributed by atoms with Gasteiger partial charge >= 0.3 is 5.97 Å². The van der Waals surface area contributed by atoms with Gasteiger partial charge in [0.15, 0.2) is 0 Å². The Hall–Kier alpha value is -1.49. The molecule has 0 radical (unpaired) electrons. The monoisotopic (exact) mass is 253 g/mol. The van der Waals surface area contributed by atoms with Gasteiger partial charge in [0, 0.05) is 13.3 Å². The molecule has 0 aliphatic heterocycles. The number of halogens is 1. The predicted octanol–water partition coefficient (Wildman–Crippen LogP) is 2.34. The van der Waals surface area contributed by atoms with Crippen LogP contribution in [0.4, 0.5) is 4.39 Å². The molecular weight excluding hydrogens is 237 g/mol. The first kappa shape index (κ1) is 13.0. The maximum Gasteiger partial charge on any atom is 0.340 e. The minimum Gasteiger partial charge on any atom is -0.456 e. The van der Waals surface area contributed by atoms with Crippen molar-refractivity contribution in [3.63, 3.8) is 0 Å². The molecule has 0 bridgehead atoms. The largest absolute Gasteiger partial charge is 0.456 e. The van der Waals surface area contributed by atoms with Gasteiger partial charge in [-0.25, -0.2) is 9.18 Å². The standard InChI is InChI=1S/C13H16FNO3/c1-17-11-4-2-3-5-12(11)18-13(16)9-6-10(14)8-15-7-9/h6-8,11-12H,2-5H2,1H3/t11-,12-/m1/s1. The first-order valence-corrected chi connectivity index (χ1v) is 6.05. The average molecular weight is 253 g/mol. The van der Waals surface area contributed by atoms with Crippen molar-refractivity contribution in [2.75, 3.05) is 7.11 Å². The Morgan fingerprint density at radius 3 is 2.72 bits per heavy atom. The lowest BCUT2D eigenvalue weighted by molar-refractivity contribution is -0.0539. The number of hydrogen-bond donors (Lipinski definition) is 0. The lowest BCUT2D eigenvalue weighted by Crippen LogP contribution is -2.35. The zero-order chi connectivity index (χ0) is 13.0. The van der Waals surface area contributed by atoms with Gasteiger partial charge in [-0.2, -0.15) is 0 Å². The van der Waals surface area contributed by atoms with E-state index < -0.39 is 11.8 Å². The van der Waals surface area contributed by atoms with Crippen molar-refractivity contribution in [3.8, 4) is 0 Å². The molecule has 0 saturated heterocycles. The fourth-order valence-electron chi connectivity index (χ4n) is 2.20. The third-order valence-electron chi connectivity index (χ3n) is 3.14. The van der Waals surface area contributed by atoms with Crippen molar-refractivity contribution in [1.82, 2.24) is 4.98 Å². The number of esters is 1. The lowest BCUT2D eigenvalue weighted by Gasteiger charge is -2.29. The lowest BCUT2D eigenvalue weighted by atomic mass is 9.94. The molecule has 2 atom stereocenters. The summed E-state index contributed by atoms with van der Waals surface area (Å²) in [5.41, 5.74) is 0.135.